The first-order chi connectivity index (χ1) is 13.7. The van der Waals surface area contributed by atoms with Gasteiger partial charge < -0.3 is 14.9 Å². The number of ether oxygens (including phenoxy) is 1. The molecular formula is C22H19N3O4. The van der Waals surface area contributed by atoms with Gasteiger partial charge in [-0.15, -0.1) is 0 Å². The van der Waals surface area contributed by atoms with E-state index >= 15 is 0 Å². The van der Waals surface area contributed by atoms with E-state index < -0.39 is 17.3 Å². The van der Waals surface area contributed by atoms with Gasteiger partial charge in [0, 0.05) is 11.6 Å². The van der Waals surface area contributed by atoms with Gasteiger partial charge in [0.1, 0.15) is 5.75 Å². The van der Waals surface area contributed by atoms with Crippen molar-refractivity contribution >= 4 is 0 Å². The van der Waals surface area contributed by atoms with E-state index in [1.54, 1.807) is 56.3 Å². The molecule has 4 rings (SSSR count). The molecule has 0 bridgehead atoms. The maximum absolute atomic E-state index is 12.4. The molecule has 146 valence electrons. The number of aromatic nitrogens is 2. The molecule has 1 unspecified atom stereocenters. The van der Waals surface area contributed by atoms with Crippen LogP contribution < -0.4 is 10.3 Å². The van der Waals surface area contributed by atoms with Crippen LogP contribution in [-0.2, 0) is 0 Å². The fourth-order valence-corrected chi connectivity index (χ4v) is 3.55. The highest BCUT2D eigenvalue weighted by molar-refractivity contribution is 5.50. The average molecular weight is 389 g/mol. The molecule has 2 aromatic carbocycles. The van der Waals surface area contributed by atoms with Crippen LogP contribution in [0.4, 0.5) is 0 Å². The maximum Gasteiger partial charge on any atom is 0.271 e. The summed E-state index contributed by atoms with van der Waals surface area (Å²) in [6, 6.07) is 18.5. The molecule has 1 aliphatic rings. The molecule has 29 heavy (non-hydrogen) atoms. The van der Waals surface area contributed by atoms with E-state index in [0.717, 1.165) is 0 Å². The van der Waals surface area contributed by atoms with E-state index in [9.17, 15) is 20.3 Å². The standard InChI is InChI=1S/C22H19N3O4/c1-21(2)22(27,28)20(16-12-14(13-23)8-10-18(16)29-21)17-9-11-19(26)25(24-17)15-6-4-3-5-7-15/h3-12,20,27-28H,1-2H3. The lowest BCUT2D eigenvalue weighted by Crippen LogP contribution is -2.60. The Kier molecular flexibility index (Phi) is 4.26. The van der Waals surface area contributed by atoms with Gasteiger partial charge in [0.05, 0.1) is 28.9 Å². The van der Waals surface area contributed by atoms with Crippen LogP contribution in [0.25, 0.3) is 5.69 Å². The highest BCUT2D eigenvalue weighted by atomic mass is 16.6. The van der Waals surface area contributed by atoms with Crippen LogP contribution in [0.2, 0.25) is 0 Å². The summed E-state index contributed by atoms with van der Waals surface area (Å²) in [7, 11) is 0. The van der Waals surface area contributed by atoms with Crippen molar-refractivity contribution in [2.75, 3.05) is 0 Å². The Morgan fingerprint density at radius 3 is 2.52 bits per heavy atom. The first-order valence-electron chi connectivity index (χ1n) is 9.08. The molecule has 0 spiro atoms. The second-order valence-corrected chi connectivity index (χ2v) is 7.48. The Bertz CT molecular complexity index is 1180. The van der Waals surface area contributed by atoms with Crippen LogP contribution in [0.15, 0.2) is 65.5 Å². The summed E-state index contributed by atoms with van der Waals surface area (Å²) < 4.78 is 7.03. The van der Waals surface area contributed by atoms with Crippen molar-refractivity contribution in [3.63, 3.8) is 0 Å². The minimum Gasteiger partial charge on any atom is -0.482 e. The smallest absolute Gasteiger partial charge is 0.271 e. The van der Waals surface area contributed by atoms with E-state index in [4.69, 9.17) is 4.74 Å². The van der Waals surface area contributed by atoms with Gasteiger partial charge in [-0.2, -0.15) is 15.0 Å². The van der Waals surface area contributed by atoms with Crippen molar-refractivity contribution in [3.05, 3.63) is 87.8 Å². The van der Waals surface area contributed by atoms with E-state index in [2.05, 4.69) is 5.10 Å². The van der Waals surface area contributed by atoms with Gasteiger partial charge in [-0.05, 0) is 50.2 Å². The van der Waals surface area contributed by atoms with Crippen molar-refractivity contribution in [1.82, 2.24) is 9.78 Å². The van der Waals surface area contributed by atoms with Crippen molar-refractivity contribution in [2.45, 2.75) is 31.2 Å². The largest absolute Gasteiger partial charge is 0.482 e. The lowest BCUT2D eigenvalue weighted by atomic mass is 9.76. The minimum atomic E-state index is -2.35. The van der Waals surface area contributed by atoms with Crippen LogP contribution >= 0.6 is 0 Å². The molecule has 3 aromatic rings. The van der Waals surface area contributed by atoms with E-state index in [1.807, 2.05) is 12.1 Å². The summed E-state index contributed by atoms with van der Waals surface area (Å²) in [4.78, 5) is 12.4. The number of rotatable bonds is 2. The van der Waals surface area contributed by atoms with Crippen LogP contribution in [0.5, 0.6) is 5.75 Å². The molecule has 0 aliphatic carbocycles. The van der Waals surface area contributed by atoms with E-state index in [1.165, 1.54) is 16.8 Å². The molecule has 2 N–H and O–H groups in total. The van der Waals surface area contributed by atoms with Crippen LogP contribution in [0, 0.1) is 11.3 Å². The topological polar surface area (TPSA) is 108 Å². The van der Waals surface area contributed by atoms with Crippen LogP contribution in [-0.4, -0.2) is 31.4 Å². The third kappa shape index (κ3) is 2.99. The molecule has 0 saturated heterocycles. The van der Waals surface area contributed by atoms with Gasteiger partial charge in [0.25, 0.3) is 5.56 Å². The summed E-state index contributed by atoms with van der Waals surface area (Å²) in [5, 5.41) is 35.9. The zero-order valence-corrected chi connectivity index (χ0v) is 15.9. The molecule has 2 heterocycles. The highest BCUT2D eigenvalue weighted by Gasteiger charge is 2.56. The third-order valence-electron chi connectivity index (χ3n) is 5.22. The fourth-order valence-electron chi connectivity index (χ4n) is 3.55. The fraction of sp³-hybridized carbons (Fsp3) is 0.227. The molecule has 0 radical (unpaired) electrons. The predicted octanol–water partition coefficient (Wildman–Crippen LogP) is 2.09. The Morgan fingerprint density at radius 2 is 1.83 bits per heavy atom. The number of aliphatic hydroxyl groups is 2. The van der Waals surface area contributed by atoms with Gasteiger partial charge >= 0.3 is 0 Å². The van der Waals surface area contributed by atoms with Crippen molar-refractivity contribution in [2.24, 2.45) is 0 Å². The predicted molar refractivity (Wildman–Crippen MR) is 105 cm³/mol. The lowest BCUT2D eigenvalue weighted by molar-refractivity contribution is -0.269. The number of nitrogens with zero attached hydrogens (tertiary/aromatic N) is 3. The summed E-state index contributed by atoms with van der Waals surface area (Å²) in [6.07, 6.45) is 0. The van der Waals surface area contributed by atoms with Gasteiger partial charge in [-0.25, -0.2) is 0 Å². The Morgan fingerprint density at radius 1 is 1.10 bits per heavy atom. The third-order valence-corrected chi connectivity index (χ3v) is 5.22. The molecule has 1 aromatic heterocycles. The van der Waals surface area contributed by atoms with Gasteiger partial charge in [0.15, 0.2) is 5.60 Å². The summed E-state index contributed by atoms with van der Waals surface area (Å²) >= 11 is 0. The Hall–Kier alpha value is -3.47. The number of benzene rings is 2. The van der Waals surface area contributed by atoms with Crippen LogP contribution in [0.3, 0.4) is 0 Å². The van der Waals surface area contributed by atoms with E-state index in [0.29, 0.717) is 22.6 Å². The zero-order chi connectivity index (χ0) is 20.8. The minimum absolute atomic E-state index is 0.270. The van der Waals surface area contributed by atoms with Crippen molar-refractivity contribution in [1.29, 1.82) is 5.26 Å². The lowest BCUT2D eigenvalue weighted by Gasteiger charge is -2.47. The molecule has 1 aliphatic heterocycles. The summed E-state index contributed by atoms with van der Waals surface area (Å²) in [6.45, 7) is 3.13. The molecule has 0 amide bonds. The zero-order valence-electron chi connectivity index (χ0n) is 15.9. The number of para-hydroxylation sites is 1. The van der Waals surface area contributed by atoms with Crippen molar-refractivity contribution < 1.29 is 14.9 Å². The van der Waals surface area contributed by atoms with Crippen LogP contribution in [0.1, 0.15) is 36.6 Å². The second-order valence-electron chi connectivity index (χ2n) is 7.48. The monoisotopic (exact) mass is 389 g/mol. The Balaban J connectivity index is 1.96. The molecule has 0 saturated carbocycles. The van der Waals surface area contributed by atoms with Gasteiger partial charge in [-0.3, -0.25) is 4.79 Å². The first kappa shape index (κ1) is 18.9. The Labute approximate surface area is 167 Å². The second kappa shape index (κ2) is 6.55. The SMILES string of the molecule is CC1(C)Oc2ccc(C#N)cc2C(c2ccc(=O)n(-c3ccccc3)n2)C1(O)O. The molecule has 7 nitrogen and oxygen atoms in total. The van der Waals surface area contributed by atoms with Crippen molar-refractivity contribution in [3.8, 4) is 17.5 Å². The summed E-state index contributed by atoms with van der Waals surface area (Å²) in [5.41, 5.74) is -0.125. The molecule has 1 atom stereocenters. The first-order valence-corrected chi connectivity index (χ1v) is 9.08. The maximum atomic E-state index is 12.4. The number of hydrogen-bond acceptors (Lipinski definition) is 6. The number of fused-ring (bicyclic) bond motifs is 1. The van der Waals surface area contributed by atoms with Gasteiger partial charge in [-0.1, -0.05) is 18.2 Å². The van der Waals surface area contributed by atoms with Gasteiger partial charge in [0.2, 0.25) is 5.79 Å². The molecule has 0 fully saturated rings. The normalized spacial score (nSPS) is 18.9. The molecular weight excluding hydrogens is 370 g/mol. The molecule has 7 heteroatoms. The number of hydrogen-bond donors (Lipinski definition) is 2. The quantitative estimate of drug-likeness (QED) is 0.650. The summed E-state index contributed by atoms with van der Waals surface area (Å²) in [5.74, 6) is -2.96. The average Bonchev–Trinajstić information content (AvgIpc) is 2.70. The highest BCUT2D eigenvalue weighted by Crippen LogP contribution is 2.48. The van der Waals surface area contributed by atoms with E-state index in [-0.39, 0.29) is 11.3 Å². The number of nitriles is 1.